The Morgan fingerprint density at radius 2 is 1.77 bits per heavy atom. The van der Waals surface area contributed by atoms with Gasteiger partial charge in [-0.2, -0.15) is 0 Å². The van der Waals surface area contributed by atoms with Gasteiger partial charge in [0.25, 0.3) is 0 Å². The number of carbonyl (C=O) groups is 1. The van der Waals surface area contributed by atoms with E-state index in [1.54, 1.807) is 0 Å². The Hall–Kier alpha value is -1.59. The Balaban J connectivity index is 2.58. The Kier molecular flexibility index (Phi) is 8.57. The highest BCUT2D eigenvalue weighted by molar-refractivity contribution is 5.76. The zero-order chi connectivity index (χ0) is 19.9. The van der Waals surface area contributed by atoms with Gasteiger partial charge in [-0.05, 0) is 62.9 Å². The molecule has 1 rings (SSSR count). The van der Waals surface area contributed by atoms with Gasteiger partial charge < -0.3 is 14.6 Å². The largest absolute Gasteiger partial charge is 0.493 e. The number of benzene rings is 1. The third-order valence-corrected chi connectivity index (χ3v) is 4.99. The van der Waals surface area contributed by atoms with Crippen molar-refractivity contribution in [1.29, 1.82) is 0 Å². The lowest BCUT2D eigenvalue weighted by Gasteiger charge is -2.30. The number of hydrogen-bond donors (Lipinski definition) is 1. The summed E-state index contributed by atoms with van der Waals surface area (Å²) >= 11 is 0. The van der Waals surface area contributed by atoms with Crippen molar-refractivity contribution in [3.05, 3.63) is 29.8 Å². The molecule has 0 saturated carbocycles. The summed E-state index contributed by atoms with van der Waals surface area (Å²) in [4.78, 5) is 13.7. The fourth-order valence-corrected chi connectivity index (χ4v) is 2.92. The van der Waals surface area contributed by atoms with E-state index in [4.69, 9.17) is 9.47 Å². The van der Waals surface area contributed by atoms with Crippen molar-refractivity contribution in [2.75, 3.05) is 27.8 Å². The topological polar surface area (TPSA) is 59.0 Å². The number of aliphatic hydroxyl groups is 1. The number of ether oxygens (including phenoxy) is 2. The van der Waals surface area contributed by atoms with Crippen LogP contribution in [0.1, 0.15) is 39.7 Å². The highest BCUT2D eigenvalue weighted by atomic mass is 16.5. The molecule has 0 radical (unpaired) electrons. The Morgan fingerprint density at radius 3 is 2.23 bits per heavy atom. The van der Waals surface area contributed by atoms with Gasteiger partial charge in [0, 0.05) is 0 Å². The number of nitrogens with zero attached hydrogens (tertiary/aromatic N) is 1. The van der Waals surface area contributed by atoms with Crippen LogP contribution in [0.2, 0.25) is 0 Å². The van der Waals surface area contributed by atoms with Gasteiger partial charge in [0.15, 0.2) is 0 Å². The minimum Gasteiger partial charge on any atom is -0.493 e. The third kappa shape index (κ3) is 6.96. The summed E-state index contributed by atoms with van der Waals surface area (Å²) in [5.74, 6) is 0.927. The molecule has 0 aromatic heterocycles. The van der Waals surface area contributed by atoms with Crippen LogP contribution in [0.5, 0.6) is 5.75 Å². The summed E-state index contributed by atoms with van der Waals surface area (Å²) in [6.07, 6.45) is 1.15. The van der Waals surface area contributed by atoms with Crippen molar-refractivity contribution >= 4 is 5.97 Å². The molecule has 2 unspecified atom stereocenters. The molecule has 0 fully saturated rings. The van der Waals surface area contributed by atoms with Crippen LogP contribution in [0.3, 0.4) is 0 Å². The first-order chi connectivity index (χ1) is 12.1. The van der Waals surface area contributed by atoms with E-state index in [1.165, 1.54) is 7.11 Å². The van der Waals surface area contributed by atoms with Crippen LogP contribution < -0.4 is 4.74 Å². The Labute approximate surface area is 158 Å². The smallest absolute Gasteiger partial charge is 0.323 e. The van der Waals surface area contributed by atoms with E-state index in [-0.39, 0.29) is 23.5 Å². The highest BCUT2D eigenvalue weighted by Gasteiger charge is 2.26. The quantitative estimate of drug-likeness (QED) is 0.646. The monoisotopic (exact) mass is 365 g/mol. The van der Waals surface area contributed by atoms with E-state index in [9.17, 15) is 9.90 Å². The lowest BCUT2D eigenvalue weighted by atomic mass is 9.79. The molecule has 5 nitrogen and oxygen atoms in total. The molecule has 0 amide bonds. The van der Waals surface area contributed by atoms with Gasteiger partial charge in [0.1, 0.15) is 11.8 Å². The zero-order valence-corrected chi connectivity index (χ0v) is 17.3. The molecule has 3 atom stereocenters. The number of hydrogen-bond acceptors (Lipinski definition) is 5. The first-order valence-corrected chi connectivity index (χ1v) is 9.21. The maximum Gasteiger partial charge on any atom is 0.323 e. The van der Waals surface area contributed by atoms with Gasteiger partial charge in [-0.15, -0.1) is 0 Å². The van der Waals surface area contributed by atoms with E-state index < -0.39 is 0 Å². The number of rotatable bonds is 10. The first-order valence-electron chi connectivity index (χ1n) is 9.21. The molecule has 1 aromatic rings. The second-order valence-electron chi connectivity index (χ2n) is 8.14. The maximum absolute atomic E-state index is 11.9. The van der Waals surface area contributed by atoms with E-state index in [0.29, 0.717) is 18.9 Å². The fourth-order valence-electron chi connectivity index (χ4n) is 2.92. The summed E-state index contributed by atoms with van der Waals surface area (Å²) in [6.45, 7) is 8.73. The highest BCUT2D eigenvalue weighted by Crippen LogP contribution is 2.29. The lowest BCUT2D eigenvalue weighted by Crippen LogP contribution is -2.38. The van der Waals surface area contributed by atoms with Crippen molar-refractivity contribution in [3.63, 3.8) is 0 Å². The minimum atomic E-state index is -0.344. The molecule has 0 aliphatic carbocycles. The molecule has 0 heterocycles. The van der Waals surface area contributed by atoms with Gasteiger partial charge in [-0.25, -0.2) is 0 Å². The average molecular weight is 366 g/mol. The van der Waals surface area contributed by atoms with E-state index in [1.807, 2.05) is 50.2 Å². The molecule has 1 aromatic carbocycles. The molecule has 148 valence electrons. The molecule has 0 spiro atoms. The number of carbonyl (C=O) groups excluding carboxylic acids is 1. The molecular weight excluding hydrogens is 330 g/mol. The van der Waals surface area contributed by atoms with Gasteiger partial charge in [0.05, 0.1) is 19.8 Å². The minimum absolute atomic E-state index is 0.123. The zero-order valence-electron chi connectivity index (χ0n) is 17.3. The van der Waals surface area contributed by atoms with Crippen LogP contribution in [-0.2, 0) is 16.0 Å². The van der Waals surface area contributed by atoms with E-state index in [2.05, 4.69) is 20.8 Å². The number of aliphatic hydroxyl groups excluding tert-OH is 1. The molecule has 1 N–H and O–H groups in total. The van der Waals surface area contributed by atoms with Crippen molar-refractivity contribution in [1.82, 2.24) is 4.90 Å². The van der Waals surface area contributed by atoms with Crippen LogP contribution in [0, 0.1) is 11.3 Å². The molecular formula is C21H35NO4. The first kappa shape index (κ1) is 22.5. The average Bonchev–Trinajstić information content (AvgIpc) is 2.57. The summed E-state index contributed by atoms with van der Waals surface area (Å²) in [5, 5.41) is 9.84. The van der Waals surface area contributed by atoms with Crippen molar-refractivity contribution in [2.24, 2.45) is 11.3 Å². The summed E-state index contributed by atoms with van der Waals surface area (Å²) in [7, 11) is 5.15. The van der Waals surface area contributed by atoms with E-state index >= 15 is 0 Å². The fraction of sp³-hybridized carbons (Fsp3) is 0.667. The van der Waals surface area contributed by atoms with Gasteiger partial charge in [-0.1, -0.05) is 32.9 Å². The number of methoxy groups -OCH3 is 1. The van der Waals surface area contributed by atoms with Gasteiger partial charge >= 0.3 is 5.97 Å². The van der Waals surface area contributed by atoms with Gasteiger partial charge in [-0.3, -0.25) is 9.69 Å². The normalized spacial score (nSPS) is 15.4. The SMILES string of the molecule is COC(=O)[C@H](Cc1ccc(OCC(C)CC(C)(C)C(C)O)cc1)N(C)C. The van der Waals surface area contributed by atoms with Crippen LogP contribution in [-0.4, -0.2) is 55.9 Å². The third-order valence-electron chi connectivity index (χ3n) is 4.99. The van der Waals surface area contributed by atoms with E-state index in [0.717, 1.165) is 17.7 Å². The van der Waals surface area contributed by atoms with Crippen LogP contribution in [0.4, 0.5) is 0 Å². The summed E-state index contributed by atoms with van der Waals surface area (Å²) < 4.78 is 10.8. The number of esters is 1. The number of likely N-dealkylation sites (N-methyl/N-ethyl adjacent to an activating group) is 1. The van der Waals surface area contributed by atoms with Crippen molar-refractivity contribution < 1.29 is 19.4 Å². The second kappa shape index (κ2) is 9.93. The van der Waals surface area contributed by atoms with Crippen LogP contribution in [0.25, 0.3) is 0 Å². The van der Waals surface area contributed by atoms with Crippen LogP contribution >= 0.6 is 0 Å². The van der Waals surface area contributed by atoms with Crippen molar-refractivity contribution in [3.8, 4) is 5.75 Å². The molecule has 26 heavy (non-hydrogen) atoms. The molecule has 0 bridgehead atoms. The predicted molar refractivity (Wildman–Crippen MR) is 104 cm³/mol. The summed E-state index contributed by atoms with van der Waals surface area (Å²) in [5.41, 5.74) is 0.937. The predicted octanol–water partition coefficient (Wildman–Crippen LogP) is 3.14. The van der Waals surface area contributed by atoms with Gasteiger partial charge in [0.2, 0.25) is 0 Å². The summed E-state index contributed by atoms with van der Waals surface area (Å²) in [6, 6.07) is 7.55. The molecule has 0 aliphatic rings. The standard InChI is InChI=1S/C21H35NO4/c1-15(13-21(3,4)16(2)23)14-26-18-10-8-17(9-11-18)12-19(22(5)6)20(24)25-7/h8-11,15-16,19,23H,12-14H2,1-7H3/t15?,16?,19-/m0/s1. The lowest BCUT2D eigenvalue weighted by molar-refractivity contribution is -0.145. The maximum atomic E-state index is 11.9. The van der Waals surface area contributed by atoms with Crippen LogP contribution in [0.15, 0.2) is 24.3 Å². The Morgan fingerprint density at radius 1 is 1.19 bits per heavy atom. The molecule has 0 aliphatic heterocycles. The van der Waals surface area contributed by atoms with Crippen molar-refractivity contribution in [2.45, 2.75) is 52.7 Å². The Bertz CT molecular complexity index is 552. The molecule has 5 heteroatoms. The second-order valence-corrected chi connectivity index (χ2v) is 8.14. The molecule has 0 saturated heterocycles.